The molecule has 1 saturated heterocycles. The molecule has 1 aliphatic carbocycles. The van der Waals surface area contributed by atoms with Crippen LogP contribution in [0, 0.1) is 5.92 Å². The summed E-state index contributed by atoms with van der Waals surface area (Å²) in [5.74, 6) is 0.589. The topological polar surface area (TPSA) is 33.2 Å². The molecule has 2 aliphatic rings. The molecule has 1 saturated carbocycles. The van der Waals surface area contributed by atoms with E-state index in [4.69, 9.17) is 23.2 Å². The highest BCUT2D eigenvalue weighted by Crippen LogP contribution is 2.38. The van der Waals surface area contributed by atoms with E-state index in [0.717, 1.165) is 19.4 Å². The Bertz CT molecular complexity index is 478. The second-order valence-electron chi connectivity index (χ2n) is 4.75. The van der Waals surface area contributed by atoms with E-state index < -0.39 is 0 Å². The van der Waals surface area contributed by atoms with Gasteiger partial charge in [0, 0.05) is 12.6 Å². The molecular formula is C12H12Cl2N2O. The highest BCUT2D eigenvalue weighted by Gasteiger charge is 2.41. The number of amides is 1. The number of halogens is 2. The van der Waals surface area contributed by atoms with Gasteiger partial charge in [-0.15, -0.1) is 0 Å². The van der Waals surface area contributed by atoms with Crippen molar-refractivity contribution in [2.75, 3.05) is 6.54 Å². The maximum atomic E-state index is 12.3. The molecule has 1 aromatic rings. The zero-order valence-corrected chi connectivity index (χ0v) is 10.7. The van der Waals surface area contributed by atoms with E-state index in [1.165, 1.54) is 6.42 Å². The Hall–Kier alpha value is -0.800. The molecule has 0 radical (unpaired) electrons. The molecule has 17 heavy (non-hydrogen) atoms. The average molecular weight is 271 g/mol. The first-order valence-electron chi connectivity index (χ1n) is 5.78. The van der Waals surface area contributed by atoms with Crippen LogP contribution in [0.25, 0.3) is 0 Å². The lowest BCUT2D eigenvalue weighted by Crippen LogP contribution is -2.38. The van der Waals surface area contributed by atoms with E-state index in [0.29, 0.717) is 22.1 Å². The number of piperidine rings is 1. The summed E-state index contributed by atoms with van der Waals surface area (Å²) >= 11 is 11.8. The molecule has 3 rings (SSSR count). The molecule has 2 heterocycles. The lowest BCUT2D eigenvalue weighted by Gasteiger charge is -2.26. The minimum Gasteiger partial charge on any atom is -0.334 e. The van der Waals surface area contributed by atoms with E-state index >= 15 is 0 Å². The minimum atomic E-state index is -0.0790. The van der Waals surface area contributed by atoms with Gasteiger partial charge in [-0.05, 0) is 37.3 Å². The van der Waals surface area contributed by atoms with Crippen molar-refractivity contribution in [3.8, 4) is 0 Å². The third-order valence-corrected chi connectivity index (χ3v) is 4.20. The van der Waals surface area contributed by atoms with Crippen LogP contribution in [-0.4, -0.2) is 28.4 Å². The van der Waals surface area contributed by atoms with Gasteiger partial charge in [-0.1, -0.05) is 23.2 Å². The van der Waals surface area contributed by atoms with Gasteiger partial charge in [0.05, 0.1) is 5.02 Å². The third-order valence-electron chi connectivity index (χ3n) is 3.68. The SMILES string of the molecule is O=C(c1nc(Cl)ccc1Cl)N1CC2CCC1C2. The van der Waals surface area contributed by atoms with E-state index in [-0.39, 0.29) is 11.6 Å². The summed E-state index contributed by atoms with van der Waals surface area (Å²) in [6.07, 6.45) is 3.48. The van der Waals surface area contributed by atoms with E-state index in [2.05, 4.69) is 4.98 Å². The largest absolute Gasteiger partial charge is 0.334 e. The second kappa shape index (κ2) is 4.14. The van der Waals surface area contributed by atoms with Gasteiger partial charge < -0.3 is 4.90 Å². The molecule has 1 aliphatic heterocycles. The van der Waals surface area contributed by atoms with Gasteiger partial charge in [0.1, 0.15) is 10.8 Å². The van der Waals surface area contributed by atoms with Crippen molar-refractivity contribution in [1.29, 1.82) is 0 Å². The lowest BCUT2D eigenvalue weighted by atomic mass is 10.1. The van der Waals surface area contributed by atoms with Gasteiger partial charge in [0.2, 0.25) is 0 Å². The Labute approximate surface area is 110 Å². The van der Waals surface area contributed by atoms with Crippen LogP contribution in [0.5, 0.6) is 0 Å². The Kier molecular flexibility index (Phi) is 2.75. The molecule has 2 atom stereocenters. The van der Waals surface area contributed by atoms with Crippen LogP contribution in [0.1, 0.15) is 29.8 Å². The van der Waals surface area contributed by atoms with Gasteiger partial charge in [0.15, 0.2) is 0 Å². The number of pyridine rings is 1. The second-order valence-corrected chi connectivity index (χ2v) is 5.55. The van der Waals surface area contributed by atoms with Gasteiger partial charge in [0.25, 0.3) is 5.91 Å². The van der Waals surface area contributed by atoms with Gasteiger partial charge in [-0.25, -0.2) is 4.98 Å². The summed E-state index contributed by atoms with van der Waals surface area (Å²) < 4.78 is 0. The molecule has 2 bridgehead atoms. The molecule has 1 amide bonds. The molecule has 3 nitrogen and oxygen atoms in total. The quantitative estimate of drug-likeness (QED) is 0.735. The standard InChI is InChI=1S/C12H12Cl2N2O/c13-9-3-4-10(14)15-11(9)12(17)16-6-7-1-2-8(16)5-7/h3-4,7-8H,1-2,5-6H2. The normalized spacial score (nSPS) is 26.6. The summed E-state index contributed by atoms with van der Waals surface area (Å²) in [4.78, 5) is 18.3. The van der Waals surface area contributed by atoms with Gasteiger partial charge in [-0.2, -0.15) is 0 Å². The van der Waals surface area contributed by atoms with Crippen molar-refractivity contribution in [2.45, 2.75) is 25.3 Å². The number of fused-ring (bicyclic) bond motifs is 2. The third kappa shape index (κ3) is 1.91. The fourth-order valence-corrected chi connectivity index (χ4v) is 3.21. The first kappa shape index (κ1) is 11.3. The van der Waals surface area contributed by atoms with Crippen LogP contribution in [0.15, 0.2) is 12.1 Å². The van der Waals surface area contributed by atoms with Gasteiger partial charge >= 0.3 is 0 Å². The summed E-state index contributed by atoms with van der Waals surface area (Å²) in [6, 6.07) is 3.60. The van der Waals surface area contributed by atoms with Crippen LogP contribution in [0.2, 0.25) is 10.2 Å². The number of aromatic nitrogens is 1. The summed E-state index contributed by atoms with van der Waals surface area (Å²) in [5.41, 5.74) is 0.284. The van der Waals surface area contributed by atoms with Crippen molar-refractivity contribution >= 4 is 29.1 Å². The predicted octanol–water partition coefficient (Wildman–Crippen LogP) is 3.01. The molecule has 2 unspecified atom stereocenters. The number of hydrogen-bond donors (Lipinski definition) is 0. The average Bonchev–Trinajstić information content (AvgIpc) is 2.93. The Balaban J connectivity index is 1.89. The smallest absolute Gasteiger partial charge is 0.274 e. The Morgan fingerprint density at radius 1 is 1.35 bits per heavy atom. The fourth-order valence-electron chi connectivity index (χ4n) is 2.88. The first-order valence-corrected chi connectivity index (χ1v) is 6.54. The van der Waals surface area contributed by atoms with Crippen LogP contribution in [-0.2, 0) is 0 Å². The van der Waals surface area contributed by atoms with Crippen molar-refractivity contribution < 1.29 is 4.79 Å². The zero-order chi connectivity index (χ0) is 12.0. The molecule has 5 heteroatoms. The highest BCUT2D eigenvalue weighted by molar-refractivity contribution is 6.34. The predicted molar refractivity (Wildman–Crippen MR) is 66.4 cm³/mol. The summed E-state index contributed by atoms with van der Waals surface area (Å²) in [5, 5.41) is 0.685. The number of likely N-dealkylation sites (tertiary alicyclic amines) is 1. The van der Waals surface area contributed by atoms with E-state index in [1.54, 1.807) is 12.1 Å². The highest BCUT2D eigenvalue weighted by atomic mass is 35.5. The van der Waals surface area contributed by atoms with Crippen LogP contribution < -0.4 is 0 Å². The first-order chi connectivity index (χ1) is 8.15. The Morgan fingerprint density at radius 2 is 2.18 bits per heavy atom. The van der Waals surface area contributed by atoms with Crippen LogP contribution in [0.4, 0.5) is 0 Å². The van der Waals surface area contributed by atoms with Crippen molar-refractivity contribution in [2.24, 2.45) is 5.92 Å². The Morgan fingerprint density at radius 3 is 2.82 bits per heavy atom. The summed E-state index contributed by atoms with van der Waals surface area (Å²) in [7, 11) is 0. The molecule has 0 N–H and O–H groups in total. The summed E-state index contributed by atoms with van der Waals surface area (Å²) in [6.45, 7) is 0.841. The van der Waals surface area contributed by atoms with Gasteiger partial charge in [-0.3, -0.25) is 4.79 Å². The molecule has 0 aromatic carbocycles. The van der Waals surface area contributed by atoms with Crippen molar-refractivity contribution in [1.82, 2.24) is 9.88 Å². The minimum absolute atomic E-state index is 0.0790. The van der Waals surface area contributed by atoms with E-state index in [9.17, 15) is 4.79 Å². The van der Waals surface area contributed by atoms with Crippen molar-refractivity contribution in [3.63, 3.8) is 0 Å². The van der Waals surface area contributed by atoms with Crippen molar-refractivity contribution in [3.05, 3.63) is 28.0 Å². The maximum Gasteiger partial charge on any atom is 0.274 e. The number of nitrogens with zero attached hydrogens (tertiary/aromatic N) is 2. The van der Waals surface area contributed by atoms with Crippen LogP contribution >= 0.6 is 23.2 Å². The number of hydrogen-bond acceptors (Lipinski definition) is 2. The van der Waals surface area contributed by atoms with Crippen LogP contribution in [0.3, 0.4) is 0 Å². The zero-order valence-electron chi connectivity index (χ0n) is 9.20. The molecule has 2 fully saturated rings. The monoisotopic (exact) mass is 270 g/mol. The lowest BCUT2D eigenvalue weighted by molar-refractivity contribution is 0.0698. The molecule has 90 valence electrons. The van der Waals surface area contributed by atoms with E-state index in [1.807, 2.05) is 4.90 Å². The maximum absolute atomic E-state index is 12.3. The number of carbonyl (C=O) groups excluding carboxylic acids is 1. The fraction of sp³-hybridized carbons (Fsp3) is 0.500. The number of rotatable bonds is 1. The molecular weight excluding hydrogens is 259 g/mol. The molecule has 0 spiro atoms. The molecule has 1 aromatic heterocycles. The number of carbonyl (C=O) groups is 1.